The highest BCUT2D eigenvalue weighted by Gasteiger charge is 2.66. The van der Waals surface area contributed by atoms with E-state index in [1.165, 1.54) is 25.7 Å². The Bertz CT molecular complexity index is 527. The van der Waals surface area contributed by atoms with Crippen LogP contribution in [0.25, 0.3) is 0 Å². The number of aliphatic hydroxyl groups is 2. The van der Waals surface area contributed by atoms with Gasteiger partial charge in [0.1, 0.15) is 6.10 Å². The molecular weight excluding hydrogens is 288 g/mol. The van der Waals surface area contributed by atoms with Crippen molar-refractivity contribution in [2.24, 2.45) is 39.9 Å². The molecule has 0 saturated heterocycles. The lowest BCUT2D eigenvalue weighted by Gasteiger charge is -2.64. The van der Waals surface area contributed by atoms with Gasteiger partial charge in [0, 0.05) is 18.4 Å². The zero-order valence-electron chi connectivity index (χ0n) is 14.8. The largest absolute Gasteiger partial charge is 0.396 e. The molecule has 0 aromatic rings. The van der Waals surface area contributed by atoms with E-state index in [2.05, 4.69) is 20.8 Å². The summed E-state index contributed by atoms with van der Waals surface area (Å²) in [6.07, 6.45) is 7.00. The van der Waals surface area contributed by atoms with E-state index in [0.717, 1.165) is 12.8 Å². The lowest BCUT2D eigenvalue weighted by molar-refractivity contribution is -0.186. The van der Waals surface area contributed by atoms with E-state index in [9.17, 15) is 15.0 Å². The van der Waals surface area contributed by atoms with Gasteiger partial charge < -0.3 is 10.2 Å². The van der Waals surface area contributed by atoms with Crippen LogP contribution in [0.1, 0.15) is 65.7 Å². The van der Waals surface area contributed by atoms with Crippen molar-refractivity contribution in [3.63, 3.8) is 0 Å². The van der Waals surface area contributed by atoms with Crippen molar-refractivity contribution in [2.75, 3.05) is 6.61 Å². The topological polar surface area (TPSA) is 57.5 Å². The van der Waals surface area contributed by atoms with E-state index >= 15 is 0 Å². The van der Waals surface area contributed by atoms with Crippen LogP contribution in [-0.4, -0.2) is 28.7 Å². The normalized spacial score (nSPS) is 54.5. The first-order valence-electron chi connectivity index (χ1n) is 9.56. The van der Waals surface area contributed by atoms with Crippen molar-refractivity contribution in [1.82, 2.24) is 0 Å². The Labute approximate surface area is 139 Å². The number of rotatable bonds is 1. The van der Waals surface area contributed by atoms with Crippen LogP contribution in [0.2, 0.25) is 0 Å². The summed E-state index contributed by atoms with van der Waals surface area (Å²) in [5, 5.41) is 20.3. The Morgan fingerprint density at radius 3 is 2.52 bits per heavy atom. The molecular formula is C20H32O3. The molecule has 4 saturated carbocycles. The summed E-state index contributed by atoms with van der Waals surface area (Å²) in [6, 6.07) is 0. The van der Waals surface area contributed by atoms with Crippen molar-refractivity contribution in [3.8, 4) is 0 Å². The standard InChI is InChI=1S/C20H32O3/c1-18(2)15-6-7-20-8-12(13(9-20)11-21)4-5-16(20)19(15,3)10-14(22)17(18)23/h12-13,15-17,21,23H,4-11H2,1-3H3. The summed E-state index contributed by atoms with van der Waals surface area (Å²) in [5.41, 5.74) is 0.0884. The third-order valence-electron chi connectivity index (χ3n) is 8.79. The lowest BCUT2D eigenvalue weighted by Crippen LogP contribution is -2.62. The van der Waals surface area contributed by atoms with Gasteiger partial charge in [-0.25, -0.2) is 0 Å². The van der Waals surface area contributed by atoms with E-state index in [1.54, 1.807) is 0 Å². The van der Waals surface area contributed by atoms with Crippen LogP contribution < -0.4 is 0 Å². The molecule has 1 spiro atoms. The molecule has 7 unspecified atom stereocenters. The number of hydrogen-bond acceptors (Lipinski definition) is 3. The van der Waals surface area contributed by atoms with E-state index in [1.807, 2.05) is 0 Å². The fourth-order valence-corrected chi connectivity index (χ4v) is 7.94. The summed E-state index contributed by atoms with van der Waals surface area (Å²) in [6.45, 7) is 6.89. The summed E-state index contributed by atoms with van der Waals surface area (Å²) in [5.74, 6) is 2.28. The van der Waals surface area contributed by atoms with Gasteiger partial charge in [-0.15, -0.1) is 0 Å². The molecule has 3 heteroatoms. The highest BCUT2D eigenvalue weighted by Crippen LogP contribution is 2.71. The van der Waals surface area contributed by atoms with E-state index in [0.29, 0.717) is 42.1 Å². The molecule has 0 aromatic carbocycles. The maximum absolute atomic E-state index is 12.6. The lowest BCUT2D eigenvalue weighted by atomic mass is 9.40. The number of aliphatic hydroxyl groups excluding tert-OH is 2. The third kappa shape index (κ3) is 1.93. The molecule has 0 heterocycles. The van der Waals surface area contributed by atoms with Gasteiger partial charge in [0.15, 0.2) is 5.78 Å². The van der Waals surface area contributed by atoms with Crippen molar-refractivity contribution >= 4 is 5.78 Å². The zero-order chi connectivity index (χ0) is 16.6. The number of carbonyl (C=O) groups is 1. The van der Waals surface area contributed by atoms with Crippen LogP contribution in [0, 0.1) is 39.9 Å². The highest BCUT2D eigenvalue weighted by molar-refractivity contribution is 5.85. The molecule has 4 aliphatic carbocycles. The van der Waals surface area contributed by atoms with Gasteiger partial charge >= 0.3 is 0 Å². The second-order valence-electron chi connectivity index (χ2n) is 10.1. The predicted molar refractivity (Wildman–Crippen MR) is 88.7 cm³/mol. The summed E-state index contributed by atoms with van der Waals surface area (Å²) < 4.78 is 0. The Morgan fingerprint density at radius 2 is 1.83 bits per heavy atom. The second-order valence-corrected chi connectivity index (χ2v) is 10.1. The van der Waals surface area contributed by atoms with Crippen molar-refractivity contribution in [2.45, 2.75) is 71.8 Å². The Kier molecular flexibility index (Phi) is 3.37. The van der Waals surface area contributed by atoms with Crippen LogP contribution >= 0.6 is 0 Å². The van der Waals surface area contributed by atoms with Crippen molar-refractivity contribution in [1.29, 1.82) is 0 Å². The van der Waals surface area contributed by atoms with Gasteiger partial charge in [-0.05, 0) is 73.0 Å². The molecule has 4 rings (SSSR count). The fourth-order valence-electron chi connectivity index (χ4n) is 7.94. The quantitative estimate of drug-likeness (QED) is 0.780. The zero-order valence-corrected chi connectivity index (χ0v) is 14.8. The molecule has 23 heavy (non-hydrogen) atoms. The molecule has 0 radical (unpaired) electrons. The average molecular weight is 320 g/mol. The smallest absolute Gasteiger partial charge is 0.162 e. The van der Waals surface area contributed by atoms with Crippen LogP contribution in [0.5, 0.6) is 0 Å². The Balaban J connectivity index is 1.73. The van der Waals surface area contributed by atoms with E-state index in [-0.39, 0.29) is 16.6 Å². The molecule has 4 aliphatic rings. The minimum atomic E-state index is -0.792. The minimum absolute atomic E-state index is 0.0351. The second kappa shape index (κ2) is 4.82. The SMILES string of the molecule is CC1(C)C(O)C(=O)CC2(C)C3CCC4CC3(CCC12)CC4CO. The molecule has 0 aromatic heterocycles. The maximum atomic E-state index is 12.6. The van der Waals surface area contributed by atoms with Crippen LogP contribution in [0.3, 0.4) is 0 Å². The first-order chi connectivity index (χ1) is 10.7. The van der Waals surface area contributed by atoms with E-state index in [4.69, 9.17) is 0 Å². The number of fused-ring (bicyclic) bond motifs is 3. The third-order valence-corrected chi connectivity index (χ3v) is 8.79. The van der Waals surface area contributed by atoms with Crippen LogP contribution in [0.15, 0.2) is 0 Å². The summed E-state index contributed by atoms with van der Waals surface area (Å²) >= 11 is 0. The van der Waals surface area contributed by atoms with Gasteiger partial charge in [-0.3, -0.25) is 4.79 Å². The molecule has 4 fully saturated rings. The molecule has 7 atom stereocenters. The van der Waals surface area contributed by atoms with E-state index < -0.39 is 6.10 Å². The molecule has 0 aliphatic heterocycles. The fraction of sp³-hybridized carbons (Fsp3) is 0.950. The molecule has 2 bridgehead atoms. The molecule has 0 amide bonds. The first kappa shape index (κ1) is 16.1. The van der Waals surface area contributed by atoms with Gasteiger partial charge in [-0.1, -0.05) is 20.8 Å². The molecule has 2 N–H and O–H groups in total. The van der Waals surface area contributed by atoms with Crippen LogP contribution in [-0.2, 0) is 4.79 Å². The van der Waals surface area contributed by atoms with Crippen molar-refractivity contribution < 1.29 is 15.0 Å². The maximum Gasteiger partial charge on any atom is 0.162 e. The van der Waals surface area contributed by atoms with Crippen molar-refractivity contribution in [3.05, 3.63) is 0 Å². The van der Waals surface area contributed by atoms with Gasteiger partial charge in [0.2, 0.25) is 0 Å². The highest BCUT2D eigenvalue weighted by atomic mass is 16.3. The Hall–Kier alpha value is -0.410. The number of carbonyl (C=O) groups excluding carboxylic acids is 1. The number of hydrogen-bond donors (Lipinski definition) is 2. The number of Topliss-reactive ketones (excluding diaryl/α,β-unsaturated/α-hetero) is 1. The first-order valence-corrected chi connectivity index (χ1v) is 9.56. The van der Waals surface area contributed by atoms with Crippen LogP contribution in [0.4, 0.5) is 0 Å². The number of ketones is 1. The Morgan fingerprint density at radius 1 is 1.09 bits per heavy atom. The average Bonchev–Trinajstić information content (AvgIpc) is 2.75. The summed E-state index contributed by atoms with van der Waals surface area (Å²) in [7, 11) is 0. The molecule has 3 nitrogen and oxygen atoms in total. The van der Waals surface area contributed by atoms with Gasteiger partial charge in [0.25, 0.3) is 0 Å². The minimum Gasteiger partial charge on any atom is -0.396 e. The monoisotopic (exact) mass is 320 g/mol. The van der Waals surface area contributed by atoms with Gasteiger partial charge in [0.05, 0.1) is 0 Å². The van der Waals surface area contributed by atoms with Gasteiger partial charge in [-0.2, -0.15) is 0 Å². The molecule has 130 valence electrons. The predicted octanol–water partition coefficient (Wildman–Crippen LogP) is 3.18. The summed E-state index contributed by atoms with van der Waals surface area (Å²) in [4.78, 5) is 12.6.